The van der Waals surface area contributed by atoms with E-state index in [0.29, 0.717) is 52.9 Å². The normalized spacial score (nSPS) is 18.0. The van der Waals surface area contributed by atoms with Crippen molar-refractivity contribution >= 4 is 12.2 Å². The Kier molecular flexibility index (Phi) is 8.56. The smallest absolute Gasteiger partial charge is 0.126 e. The van der Waals surface area contributed by atoms with Crippen molar-refractivity contribution in [2.24, 2.45) is 0 Å². The second-order valence-corrected chi connectivity index (χ2v) is 6.95. The third kappa shape index (κ3) is 7.20. The molecule has 0 radical (unpaired) electrons. The molecule has 0 N–H and O–H groups in total. The molecule has 0 bridgehead atoms. The lowest BCUT2D eigenvalue weighted by atomic mass is 10.1. The number of aryl methyl sites for hydroxylation is 2. The Labute approximate surface area is 173 Å². The van der Waals surface area contributed by atoms with Crippen LogP contribution in [0.2, 0.25) is 0 Å². The molecular weight excluding hydrogens is 368 g/mol. The van der Waals surface area contributed by atoms with Crippen LogP contribution in [0.3, 0.4) is 0 Å². The molecule has 0 atom stereocenters. The molecule has 0 saturated heterocycles. The van der Waals surface area contributed by atoms with E-state index < -0.39 is 0 Å². The lowest BCUT2D eigenvalue weighted by Crippen LogP contribution is -2.14. The van der Waals surface area contributed by atoms with E-state index in [1.54, 1.807) is 0 Å². The zero-order chi connectivity index (χ0) is 20.3. The molecular formula is C24H30O5. The monoisotopic (exact) mass is 398 g/mol. The minimum Gasteiger partial charge on any atom is -0.491 e. The van der Waals surface area contributed by atoms with Gasteiger partial charge in [-0.25, -0.2) is 0 Å². The summed E-state index contributed by atoms with van der Waals surface area (Å²) in [6, 6.07) is 12.4. The summed E-state index contributed by atoms with van der Waals surface area (Å²) in [6.45, 7) is 8.32. The van der Waals surface area contributed by atoms with Gasteiger partial charge in [0.15, 0.2) is 0 Å². The zero-order valence-corrected chi connectivity index (χ0v) is 17.3. The van der Waals surface area contributed by atoms with Crippen molar-refractivity contribution in [2.75, 3.05) is 52.9 Å². The van der Waals surface area contributed by atoms with Crippen LogP contribution < -0.4 is 9.47 Å². The van der Waals surface area contributed by atoms with Crippen LogP contribution >= 0.6 is 0 Å². The second kappa shape index (κ2) is 11.6. The molecule has 0 saturated carbocycles. The highest BCUT2D eigenvalue weighted by Gasteiger charge is 2.05. The highest BCUT2D eigenvalue weighted by Crippen LogP contribution is 2.26. The summed E-state index contributed by atoms with van der Waals surface area (Å²) in [5.41, 5.74) is 4.35. The van der Waals surface area contributed by atoms with Crippen LogP contribution in [0.4, 0.5) is 0 Å². The van der Waals surface area contributed by atoms with Crippen LogP contribution in [0.15, 0.2) is 36.4 Å². The number of benzene rings is 2. The zero-order valence-electron chi connectivity index (χ0n) is 17.3. The minimum atomic E-state index is 0.492. The molecule has 3 rings (SSSR count). The molecule has 156 valence electrons. The van der Waals surface area contributed by atoms with Gasteiger partial charge in [0.25, 0.3) is 0 Å². The number of fused-ring (bicyclic) bond motifs is 2. The van der Waals surface area contributed by atoms with Crippen molar-refractivity contribution < 1.29 is 23.7 Å². The van der Waals surface area contributed by atoms with Gasteiger partial charge in [-0.15, -0.1) is 0 Å². The summed E-state index contributed by atoms with van der Waals surface area (Å²) in [7, 11) is 0. The van der Waals surface area contributed by atoms with Gasteiger partial charge in [-0.05, 0) is 37.1 Å². The molecule has 2 aromatic rings. The Morgan fingerprint density at radius 1 is 0.517 bits per heavy atom. The molecule has 0 aliphatic carbocycles. The van der Waals surface area contributed by atoms with Gasteiger partial charge in [0.1, 0.15) is 24.7 Å². The Bertz CT molecular complexity index is 734. The molecule has 0 amide bonds. The Balaban J connectivity index is 1.79. The number of ether oxygens (including phenoxy) is 5. The maximum atomic E-state index is 5.97. The maximum absolute atomic E-state index is 5.97. The summed E-state index contributed by atoms with van der Waals surface area (Å²) in [5, 5.41) is 0. The van der Waals surface area contributed by atoms with Gasteiger partial charge in [-0.2, -0.15) is 0 Å². The fraction of sp³-hybridized carbons (Fsp3) is 0.417. The van der Waals surface area contributed by atoms with E-state index in [0.717, 1.165) is 33.8 Å². The first kappa shape index (κ1) is 21.4. The van der Waals surface area contributed by atoms with Crippen LogP contribution in [-0.4, -0.2) is 52.9 Å². The molecule has 0 spiro atoms. The third-order valence-electron chi connectivity index (χ3n) is 4.50. The first-order valence-electron chi connectivity index (χ1n) is 10.1. The van der Waals surface area contributed by atoms with E-state index in [-0.39, 0.29) is 0 Å². The van der Waals surface area contributed by atoms with Crippen LogP contribution in [0, 0.1) is 13.8 Å². The van der Waals surface area contributed by atoms with Gasteiger partial charge in [0.05, 0.1) is 39.6 Å². The molecule has 2 aromatic carbocycles. The quantitative estimate of drug-likeness (QED) is 0.662. The fourth-order valence-electron chi connectivity index (χ4n) is 2.95. The van der Waals surface area contributed by atoms with E-state index >= 15 is 0 Å². The van der Waals surface area contributed by atoms with Gasteiger partial charge in [0, 0.05) is 11.1 Å². The minimum absolute atomic E-state index is 0.492. The molecule has 0 unspecified atom stereocenters. The molecule has 0 fully saturated rings. The summed E-state index contributed by atoms with van der Waals surface area (Å²) >= 11 is 0. The van der Waals surface area contributed by atoms with Crippen LogP contribution in [0.5, 0.6) is 11.5 Å². The molecule has 5 heteroatoms. The molecule has 5 nitrogen and oxygen atoms in total. The third-order valence-corrected chi connectivity index (χ3v) is 4.50. The predicted octanol–water partition coefficient (Wildman–Crippen LogP) is 4.29. The van der Waals surface area contributed by atoms with Crippen LogP contribution in [0.1, 0.15) is 22.3 Å². The summed E-state index contributed by atoms with van der Waals surface area (Å²) in [6.07, 6.45) is 4.12. The number of hydrogen-bond acceptors (Lipinski definition) is 5. The van der Waals surface area contributed by atoms with E-state index in [9.17, 15) is 0 Å². The lowest BCUT2D eigenvalue weighted by molar-refractivity contribution is 0.00498. The van der Waals surface area contributed by atoms with E-state index in [2.05, 4.69) is 62.4 Å². The van der Waals surface area contributed by atoms with E-state index in [1.807, 2.05) is 0 Å². The summed E-state index contributed by atoms with van der Waals surface area (Å²) in [4.78, 5) is 0. The van der Waals surface area contributed by atoms with Crippen molar-refractivity contribution in [3.63, 3.8) is 0 Å². The van der Waals surface area contributed by atoms with E-state index in [1.165, 1.54) is 0 Å². The number of rotatable bonds is 0. The van der Waals surface area contributed by atoms with Gasteiger partial charge in [-0.1, -0.05) is 36.4 Å². The van der Waals surface area contributed by atoms with Crippen molar-refractivity contribution in [3.8, 4) is 11.5 Å². The van der Waals surface area contributed by atoms with Crippen molar-refractivity contribution in [1.29, 1.82) is 0 Å². The summed E-state index contributed by atoms with van der Waals surface area (Å²) < 4.78 is 28.6. The molecule has 0 aromatic heterocycles. The second-order valence-electron chi connectivity index (χ2n) is 6.95. The standard InChI is InChI=1S/C24H30O5/c1-19-3-5-21-7-8-22-6-4-20(2)18-24(22)29-16-14-27-12-10-25-9-11-26-13-15-28-23(21)17-19/h3-8,17-18H,9-16H2,1-2H3/b8-7-. The maximum Gasteiger partial charge on any atom is 0.126 e. The van der Waals surface area contributed by atoms with Crippen molar-refractivity contribution in [3.05, 3.63) is 58.7 Å². The van der Waals surface area contributed by atoms with Gasteiger partial charge in [0.2, 0.25) is 0 Å². The molecule has 1 heterocycles. The first-order chi connectivity index (χ1) is 14.2. The average Bonchev–Trinajstić information content (AvgIpc) is 2.71. The fourth-order valence-corrected chi connectivity index (χ4v) is 2.95. The SMILES string of the molecule is Cc1ccc2c(c1)OCCOCCOCCOCCOc1cc(C)ccc1/C=C\2. The van der Waals surface area contributed by atoms with Crippen molar-refractivity contribution in [1.82, 2.24) is 0 Å². The molecule has 1 aliphatic rings. The van der Waals surface area contributed by atoms with Gasteiger partial charge < -0.3 is 23.7 Å². The molecule has 29 heavy (non-hydrogen) atoms. The first-order valence-corrected chi connectivity index (χ1v) is 10.1. The molecule has 1 aliphatic heterocycles. The average molecular weight is 398 g/mol. The highest BCUT2D eigenvalue weighted by molar-refractivity contribution is 5.75. The highest BCUT2D eigenvalue weighted by atomic mass is 16.6. The number of hydrogen-bond donors (Lipinski definition) is 0. The van der Waals surface area contributed by atoms with Gasteiger partial charge >= 0.3 is 0 Å². The Morgan fingerprint density at radius 3 is 1.31 bits per heavy atom. The van der Waals surface area contributed by atoms with Gasteiger partial charge in [-0.3, -0.25) is 0 Å². The Morgan fingerprint density at radius 2 is 0.897 bits per heavy atom. The van der Waals surface area contributed by atoms with Crippen LogP contribution in [0.25, 0.3) is 12.2 Å². The topological polar surface area (TPSA) is 46.2 Å². The van der Waals surface area contributed by atoms with Crippen LogP contribution in [-0.2, 0) is 14.2 Å². The largest absolute Gasteiger partial charge is 0.491 e. The van der Waals surface area contributed by atoms with Crippen molar-refractivity contribution in [2.45, 2.75) is 13.8 Å². The Hall–Kier alpha value is -2.34. The lowest BCUT2D eigenvalue weighted by Gasteiger charge is -2.12. The van der Waals surface area contributed by atoms with E-state index in [4.69, 9.17) is 23.7 Å². The predicted molar refractivity (Wildman–Crippen MR) is 115 cm³/mol. The summed E-state index contributed by atoms with van der Waals surface area (Å²) in [5.74, 6) is 1.70.